The van der Waals surface area contributed by atoms with Crippen molar-refractivity contribution in [1.82, 2.24) is 0 Å². The molecule has 0 amide bonds. The van der Waals surface area contributed by atoms with Gasteiger partial charge in [0, 0.05) is 17.9 Å². The number of rotatable bonds is 6. The number of hydrogen-bond acceptors (Lipinski definition) is 4. The van der Waals surface area contributed by atoms with E-state index < -0.39 is 0 Å². The topological polar surface area (TPSA) is 64.3 Å². The molecule has 0 saturated heterocycles. The fourth-order valence-electron chi connectivity index (χ4n) is 2.14. The van der Waals surface area contributed by atoms with E-state index in [2.05, 4.69) is 36.5 Å². The molecule has 0 heterocycles. The van der Waals surface area contributed by atoms with Crippen LogP contribution in [-0.4, -0.2) is 12.6 Å². The Balaban J connectivity index is 1.97. The summed E-state index contributed by atoms with van der Waals surface area (Å²) in [6, 6.07) is 14.0. The van der Waals surface area contributed by atoms with Crippen LogP contribution in [0.15, 0.2) is 42.5 Å². The maximum atomic E-state index is 11.5. The molecule has 0 aromatic heterocycles. The van der Waals surface area contributed by atoms with Crippen LogP contribution < -0.4 is 11.1 Å². The summed E-state index contributed by atoms with van der Waals surface area (Å²) >= 11 is 0. The highest BCUT2D eigenvalue weighted by molar-refractivity contribution is 5.75. The molecule has 4 nitrogen and oxygen atoms in total. The fraction of sp³-hybridized carbons (Fsp3) is 0.278. The van der Waals surface area contributed by atoms with Crippen molar-refractivity contribution in [2.24, 2.45) is 0 Å². The summed E-state index contributed by atoms with van der Waals surface area (Å²) in [5, 5.41) is 3.33. The number of carbonyl (C=O) groups excluding carboxylic acids is 1. The largest absolute Gasteiger partial charge is 0.466 e. The highest BCUT2D eigenvalue weighted by atomic mass is 16.5. The quantitative estimate of drug-likeness (QED) is 0.634. The maximum Gasteiger partial charge on any atom is 0.310 e. The molecule has 0 aliphatic heterocycles. The Bertz CT molecular complexity index is 636. The first-order chi connectivity index (χ1) is 10.6. The van der Waals surface area contributed by atoms with Crippen molar-refractivity contribution in [3.8, 4) is 0 Å². The first-order valence-electron chi connectivity index (χ1n) is 7.42. The van der Waals surface area contributed by atoms with Crippen LogP contribution in [0.5, 0.6) is 0 Å². The summed E-state index contributed by atoms with van der Waals surface area (Å²) < 4.78 is 4.94. The molecule has 0 radical (unpaired) electrons. The van der Waals surface area contributed by atoms with Crippen molar-refractivity contribution < 1.29 is 9.53 Å². The molecule has 0 fully saturated rings. The van der Waals surface area contributed by atoms with Crippen molar-refractivity contribution in [1.29, 1.82) is 0 Å². The second kappa shape index (κ2) is 7.50. The Morgan fingerprint density at radius 2 is 1.91 bits per heavy atom. The minimum atomic E-state index is -0.255. The van der Waals surface area contributed by atoms with Gasteiger partial charge in [-0.25, -0.2) is 0 Å². The number of aryl methyl sites for hydroxylation is 1. The summed E-state index contributed by atoms with van der Waals surface area (Å²) in [5.41, 5.74) is 10.8. The van der Waals surface area contributed by atoms with Gasteiger partial charge < -0.3 is 15.8 Å². The number of nitrogens with two attached hydrogens (primary N) is 1. The second-order valence-electron chi connectivity index (χ2n) is 5.23. The second-order valence-corrected chi connectivity index (χ2v) is 5.23. The smallest absolute Gasteiger partial charge is 0.310 e. The summed E-state index contributed by atoms with van der Waals surface area (Å²) in [4.78, 5) is 11.5. The third-order valence-corrected chi connectivity index (χ3v) is 3.40. The number of nitrogen functional groups attached to an aromatic ring is 1. The number of nitrogens with one attached hydrogen (secondary N) is 1. The Labute approximate surface area is 131 Å². The van der Waals surface area contributed by atoms with E-state index in [1.807, 2.05) is 18.2 Å². The third-order valence-electron chi connectivity index (χ3n) is 3.40. The van der Waals surface area contributed by atoms with Gasteiger partial charge in [0.05, 0.1) is 13.0 Å². The van der Waals surface area contributed by atoms with Crippen molar-refractivity contribution >= 4 is 17.3 Å². The lowest BCUT2D eigenvalue weighted by Gasteiger charge is -2.10. The standard InChI is InChI=1S/C18H22N2O2/c1-3-22-18(21)10-15-8-9-16(11-17(15)19)20-12-14-6-4-13(2)5-7-14/h4-9,11,20H,3,10,12,19H2,1-2H3. The minimum Gasteiger partial charge on any atom is -0.466 e. The average molecular weight is 298 g/mol. The van der Waals surface area contributed by atoms with Gasteiger partial charge >= 0.3 is 5.97 Å². The molecular formula is C18H22N2O2. The van der Waals surface area contributed by atoms with Gasteiger partial charge in [0.25, 0.3) is 0 Å². The molecule has 0 atom stereocenters. The summed E-state index contributed by atoms with van der Waals surface area (Å²) in [7, 11) is 0. The van der Waals surface area contributed by atoms with E-state index >= 15 is 0 Å². The van der Waals surface area contributed by atoms with Gasteiger partial charge in [0.2, 0.25) is 0 Å². The van der Waals surface area contributed by atoms with Gasteiger partial charge in [-0.1, -0.05) is 35.9 Å². The van der Waals surface area contributed by atoms with E-state index in [1.165, 1.54) is 11.1 Å². The molecule has 4 heteroatoms. The summed E-state index contributed by atoms with van der Waals surface area (Å²) in [5.74, 6) is -0.255. The van der Waals surface area contributed by atoms with E-state index in [1.54, 1.807) is 6.92 Å². The zero-order chi connectivity index (χ0) is 15.9. The molecule has 0 aliphatic carbocycles. The number of benzene rings is 2. The van der Waals surface area contributed by atoms with Gasteiger partial charge in [0.1, 0.15) is 0 Å². The van der Waals surface area contributed by atoms with Crippen LogP contribution in [0.4, 0.5) is 11.4 Å². The van der Waals surface area contributed by atoms with Crippen molar-refractivity contribution in [2.75, 3.05) is 17.7 Å². The van der Waals surface area contributed by atoms with Crippen LogP contribution in [-0.2, 0) is 22.5 Å². The monoisotopic (exact) mass is 298 g/mol. The Morgan fingerprint density at radius 1 is 1.18 bits per heavy atom. The highest BCUT2D eigenvalue weighted by Gasteiger charge is 2.07. The molecule has 2 aromatic rings. The Kier molecular flexibility index (Phi) is 5.42. The van der Waals surface area contributed by atoms with Crippen molar-refractivity contribution in [3.63, 3.8) is 0 Å². The van der Waals surface area contributed by atoms with Gasteiger partial charge in [-0.05, 0) is 37.1 Å². The summed E-state index contributed by atoms with van der Waals surface area (Å²) in [6.45, 7) is 4.98. The van der Waals surface area contributed by atoms with Crippen LogP contribution in [0.25, 0.3) is 0 Å². The van der Waals surface area contributed by atoms with E-state index in [-0.39, 0.29) is 12.4 Å². The first kappa shape index (κ1) is 15.9. The van der Waals surface area contributed by atoms with Gasteiger partial charge in [-0.2, -0.15) is 0 Å². The Hall–Kier alpha value is -2.49. The van der Waals surface area contributed by atoms with Crippen molar-refractivity contribution in [2.45, 2.75) is 26.8 Å². The molecule has 0 saturated carbocycles. The molecule has 2 rings (SSSR count). The van der Waals surface area contributed by atoms with Crippen LogP contribution >= 0.6 is 0 Å². The van der Waals surface area contributed by atoms with E-state index in [9.17, 15) is 4.79 Å². The minimum absolute atomic E-state index is 0.206. The third kappa shape index (κ3) is 4.52. The van der Waals surface area contributed by atoms with Crippen LogP contribution in [0.3, 0.4) is 0 Å². The SMILES string of the molecule is CCOC(=O)Cc1ccc(NCc2ccc(C)cc2)cc1N. The number of carbonyl (C=O) groups is 1. The number of esters is 1. The fourth-order valence-corrected chi connectivity index (χ4v) is 2.14. The Morgan fingerprint density at radius 3 is 2.55 bits per heavy atom. The van der Waals surface area contributed by atoms with Crippen LogP contribution in [0, 0.1) is 6.92 Å². The van der Waals surface area contributed by atoms with Crippen molar-refractivity contribution in [3.05, 3.63) is 59.2 Å². The maximum absolute atomic E-state index is 11.5. The highest BCUT2D eigenvalue weighted by Crippen LogP contribution is 2.19. The van der Waals surface area contributed by atoms with Crippen LogP contribution in [0.2, 0.25) is 0 Å². The molecule has 116 valence electrons. The number of ether oxygens (including phenoxy) is 1. The lowest BCUT2D eigenvalue weighted by Crippen LogP contribution is -2.09. The van der Waals surface area contributed by atoms with Gasteiger partial charge in [0.15, 0.2) is 0 Å². The molecule has 0 aliphatic rings. The number of anilines is 2. The van der Waals surface area contributed by atoms with E-state index in [0.717, 1.165) is 17.8 Å². The average Bonchev–Trinajstić information content (AvgIpc) is 2.49. The first-order valence-corrected chi connectivity index (χ1v) is 7.42. The van der Waals surface area contributed by atoms with Gasteiger partial charge in [-0.15, -0.1) is 0 Å². The molecular weight excluding hydrogens is 276 g/mol. The van der Waals surface area contributed by atoms with E-state index in [4.69, 9.17) is 10.5 Å². The molecule has 22 heavy (non-hydrogen) atoms. The molecule has 0 bridgehead atoms. The van der Waals surface area contributed by atoms with E-state index in [0.29, 0.717) is 12.3 Å². The zero-order valence-corrected chi connectivity index (χ0v) is 13.1. The van der Waals surface area contributed by atoms with Crippen LogP contribution in [0.1, 0.15) is 23.6 Å². The van der Waals surface area contributed by atoms with Gasteiger partial charge in [-0.3, -0.25) is 4.79 Å². The lowest BCUT2D eigenvalue weighted by atomic mass is 10.1. The number of hydrogen-bond donors (Lipinski definition) is 2. The summed E-state index contributed by atoms with van der Waals surface area (Å²) in [6.07, 6.45) is 0.206. The lowest BCUT2D eigenvalue weighted by molar-refractivity contribution is -0.142. The normalized spacial score (nSPS) is 10.3. The predicted octanol–water partition coefficient (Wildman–Crippen LogP) is 3.29. The zero-order valence-electron chi connectivity index (χ0n) is 13.1. The predicted molar refractivity (Wildman–Crippen MR) is 89.7 cm³/mol. The molecule has 2 aromatic carbocycles. The molecule has 0 unspecified atom stereocenters. The molecule has 3 N–H and O–H groups in total. The molecule has 0 spiro atoms.